The van der Waals surface area contributed by atoms with Crippen LogP contribution in [-0.2, 0) is 9.59 Å². The van der Waals surface area contributed by atoms with Crippen molar-refractivity contribution in [2.24, 2.45) is 5.41 Å². The molecule has 0 heterocycles. The minimum Gasteiger partial charge on any atom is -0.481 e. The lowest BCUT2D eigenvalue weighted by molar-refractivity contribution is -0.147. The molecule has 0 spiro atoms. The topological polar surface area (TPSA) is 95.5 Å². The van der Waals surface area contributed by atoms with Crippen LogP contribution in [0.4, 0.5) is 4.39 Å². The maximum atomic E-state index is 12.8. The fourth-order valence-corrected chi connectivity index (χ4v) is 1.86. The molecule has 1 aromatic carbocycles. The Morgan fingerprint density at radius 1 is 1.08 bits per heavy atom. The molecular formula is C17H23FN2O4. The van der Waals surface area contributed by atoms with E-state index in [-0.39, 0.29) is 18.2 Å². The van der Waals surface area contributed by atoms with Crippen LogP contribution in [0.15, 0.2) is 24.3 Å². The number of hydrogen-bond donors (Lipinski definition) is 3. The minimum atomic E-state index is -0.903. The van der Waals surface area contributed by atoms with Crippen LogP contribution in [0, 0.1) is 11.2 Å². The van der Waals surface area contributed by atoms with Crippen LogP contribution in [0.5, 0.6) is 0 Å². The predicted molar refractivity (Wildman–Crippen MR) is 87.0 cm³/mol. The van der Waals surface area contributed by atoms with Gasteiger partial charge in [-0.1, -0.05) is 0 Å². The molecule has 6 nitrogen and oxygen atoms in total. The van der Waals surface area contributed by atoms with Crippen LogP contribution < -0.4 is 10.6 Å². The molecule has 3 N–H and O–H groups in total. The number of carbonyl (C=O) groups is 3. The molecule has 24 heavy (non-hydrogen) atoms. The molecule has 0 saturated carbocycles. The van der Waals surface area contributed by atoms with Crippen LogP contribution in [0.3, 0.4) is 0 Å². The van der Waals surface area contributed by atoms with E-state index in [0.29, 0.717) is 31.5 Å². The first-order chi connectivity index (χ1) is 11.2. The van der Waals surface area contributed by atoms with Gasteiger partial charge in [-0.15, -0.1) is 0 Å². The number of carboxylic acids is 1. The predicted octanol–water partition coefficient (Wildman–Crippen LogP) is 1.95. The fourth-order valence-electron chi connectivity index (χ4n) is 1.86. The highest BCUT2D eigenvalue weighted by atomic mass is 19.1. The Morgan fingerprint density at radius 2 is 1.71 bits per heavy atom. The SMILES string of the molecule is CC(C)(CCNC(=O)CCCNC(=O)c1ccc(F)cc1)C(=O)O. The Hall–Kier alpha value is -2.44. The molecule has 1 aromatic rings. The van der Waals surface area contributed by atoms with Crippen molar-refractivity contribution in [3.63, 3.8) is 0 Å². The highest BCUT2D eigenvalue weighted by molar-refractivity contribution is 5.94. The van der Waals surface area contributed by atoms with Crippen molar-refractivity contribution in [3.8, 4) is 0 Å². The van der Waals surface area contributed by atoms with Gasteiger partial charge in [0.1, 0.15) is 5.82 Å². The second-order valence-electron chi connectivity index (χ2n) is 6.16. The van der Waals surface area contributed by atoms with Crippen molar-refractivity contribution >= 4 is 17.8 Å². The Bertz CT molecular complexity index is 585. The van der Waals surface area contributed by atoms with Crippen LogP contribution >= 0.6 is 0 Å². The third kappa shape index (κ3) is 6.76. The van der Waals surface area contributed by atoms with Gasteiger partial charge in [0.2, 0.25) is 5.91 Å². The molecule has 0 fully saturated rings. The Morgan fingerprint density at radius 3 is 2.29 bits per heavy atom. The number of amides is 2. The molecule has 2 amide bonds. The molecule has 0 bridgehead atoms. The Kier molecular flexibility index (Phi) is 7.35. The summed E-state index contributed by atoms with van der Waals surface area (Å²) in [5.41, 5.74) is -0.520. The highest BCUT2D eigenvalue weighted by Crippen LogP contribution is 2.19. The van der Waals surface area contributed by atoms with Gasteiger partial charge in [0.25, 0.3) is 5.91 Å². The molecule has 0 atom stereocenters. The lowest BCUT2D eigenvalue weighted by Crippen LogP contribution is -2.32. The molecule has 1 rings (SSSR count). The number of rotatable bonds is 9. The summed E-state index contributed by atoms with van der Waals surface area (Å²) in [6, 6.07) is 5.20. The van der Waals surface area contributed by atoms with Gasteiger partial charge in [-0.05, 0) is 51.0 Å². The van der Waals surface area contributed by atoms with E-state index in [4.69, 9.17) is 5.11 Å². The van der Waals surface area contributed by atoms with Gasteiger partial charge in [0, 0.05) is 25.1 Å². The smallest absolute Gasteiger partial charge is 0.309 e. The number of nitrogens with one attached hydrogen (secondary N) is 2. The van der Waals surface area contributed by atoms with Crippen LogP contribution in [0.1, 0.15) is 43.5 Å². The van der Waals surface area contributed by atoms with Crippen molar-refractivity contribution < 1.29 is 23.9 Å². The summed E-state index contributed by atoms with van der Waals surface area (Å²) >= 11 is 0. The summed E-state index contributed by atoms with van der Waals surface area (Å²) < 4.78 is 12.8. The molecule has 0 saturated heterocycles. The summed E-state index contributed by atoms with van der Waals surface area (Å²) in [6.07, 6.45) is 1.04. The number of carbonyl (C=O) groups excluding carboxylic acids is 2. The van der Waals surface area contributed by atoms with Crippen molar-refractivity contribution in [2.45, 2.75) is 33.1 Å². The van der Waals surface area contributed by atoms with Gasteiger partial charge in [-0.25, -0.2) is 4.39 Å². The Labute approximate surface area is 140 Å². The molecule has 0 radical (unpaired) electrons. The lowest BCUT2D eigenvalue weighted by Gasteiger charge is -2.18. The van der Waals surface area contributed by atoms with Crippen LogP contribution in [-0.4, -0.2) is 36.0 Å². The highest BCUT2D eigenvalue weighted by Gasteiger charge is 2.26. The van der Waals surface area contributed by atoms with E-state index < -0.39 is 17.2 Å². The average Bonchev–Trinajstić information content (AvgIpc) is 2.51. The second-order valence-corrected chi connectivity index (χ2v) is 6.16. The molecule has 0 aliphatic carbocycles. The largest absolute Gasteiger partial charge is 0.481 e. The zero-order valence-electron chi connectivity index (χ0n) is 13.9. The second kappa shape index (κ2) is 9.00. The van der Waals surface area contributed by atoms with Gasteiger partial charge in [0.05, 0.1) is 5.41 Å². The molecule has 0 aliphatic heterocycles. The van der Waals surface area contributed by atoms with Gasteiger partial charge in [-0.3, -0.25) is 14.4 Å². The van der Waals surface area contributed by atoms with E-state index in [1.54, 1.807) is 13.8 Å². The van der Waals surface area contributed by atoms with E-state index in [2.05, 4.69) is 10.6 Å². The zero-order chi connectivity index (χ0) is 18.2. The summed E-state index contributed by atoms with van der Waals surface area (Å²) in [6.45, 7) is 3.82. The quantitative estimate of drug-likeness (QED) is 0.600. The van der Waals surface area contributed by atoms with Crippen molar-refractivity contribution in [1.29, 1.82) is 0 Å². The normalized spacial score (nSPS) is 11.0. The van der Waals surface area contributed by atoms with E-state index in [9.17, 15) is 18.8 Å². The van der Waals surface area contributed by atoms with Crippen molar-refractivity contribution in [3.05, 3.63) is 35.6 Å². The Balaban J connectivity index is 2.18. The molecular weight excluding hydrogens is 315 g/mol. The third-order valence-corrected chi connectivity index (χ3v) is 3.62. The summed E-state index contributed by atoms with van der Waals surface area (Å²) in [5, 5.41) is 14.3. The van der Waals surface area contributed by atoms with E-state index in [1.807, 2.05) is 0 Å². The standard InChI is InChI=1S/C17H23FN2O4/c1-17(2,16(23)24)9-11-19-14(21)4-3-10-20-15(22)12-5-7-13(18)8-6-12/h5-8H,3-4,9-11H2,1-2H3,(H,19,21)(H,20,22)(H,23,24). The minimum absolute atomic E-state index is 0.188. The van der Waals surface area contributed by atoms with Gasteiger partial charge in [0.15, 0.2) is 0 Å². The zero-order valence-corrected chi connectivity index (χ0v) is 13.9. The van der Waals surface area contributed by atoms with Crippen molar-refractivity contribution in [1.82, 2.24) is 10.6 Å². The number of benzene rings is 1. The molecule has 0 aromatic heterocycles. The van der Waals surface area contributed by atoms with E-state index in [0.717, 1.165) is 0 Å². The van der Waals surface area contributed by atoms with Gasteiger partial charge < -0.3 is 15.7 Å². The number of carboxylic acid groups (broad SMARTS) is 1. The monoisotopic (exact) mass is 338 g/mol. The molecule has 0 unspecified atom stereocenters. The fraction of sp³-hybridized carbons (Fsp3) is 0.471. The summed E-state index contributed by atoms with van der Waals surface area (Å²) in [4.78, 5) is 34.3. The maximum Gasteiger partial charge on any atom is 0.309 e. The number of halogens is 1. The lowest BCUT2D eigenvalue weighted by atomic mass is 9.90. The van der Waals surface area contributed by atoms with Gasteiger partial charge >= 0.3 is 5.97 Å². The first kappa shape index (κ1) is 19.6. The summed E-state index contributed by atoms with van der Waals surface area (Å²) in [5.74, 6) is -1.82. The number of aliphatic carboxylic acids is 1. The molecule has 7 heteroatoms. The van der Waals surface area contributed by atoms with Crippen LogP contribution in [0.2, 0.25) is 0 Å². The van der Waals surface area contributed by atoms with Gasteiger partial charge in [-0.2, -0.15) is 0 Å². The van der Waals surface area contributed by atoms with Crippen LogP contribution in [0.25, 0.3) is 0 Å². The summed E-state index contributed by atoms with van der Waals surface area (Å²) in [7, 11) is 0. The first-order valence-corrected chi connectivity index (χ1v) is 7.76. The average molecular weight is 338 g/mol. The maximum absolute atomic E-state index is 12.8. The third-order valence-electron chi connectivity index (χ3n) is 3.62. The number of hydrogen-bond acceptors (Lipinski definition) is 3. The van der Waals surface area contributed by atoms with Crippen molar-refractivity contribution in [2.75, 3.05) is 13.1 Å². The molecule has 132 valence electrons. The first-order valence-electron chi connectivity index (χ1n) is 7.76. The van der Waals surface area contributed by atoms with E-state index in [1.165, 1.54) is 24.3 Å². The molecule has 0 aliphatic rings. The van der Waals surface area contributed by atoms with E-state index >= 15 is 0 Å².